The first-order valence-corrected chi connectivity index (χ1v) is 9.18. The van der Waals surface area contributed by atoms with Gasteiger partial charge in [-0.3, -0.25) is 0 Å². The van der Waals surface area contributed by atoms with Gasteiger partial charge in [-0.2, -0.15) is 10.2 Å². The lowest BCUT2D eigenvalue weighted by molar-refractivity contribution is 0.637. The van der Waals surface area contributed by atoms with Crippen LogP contribution in [0, 0.1) is 0 Å². The first kappa shape index (κ1) is 17.2. The third-order valence-corrected chi connectivity index (χ3v) is 5.27. The lowest BCUT2D eigenvalue weighted by Crippen LogP contribution is -2.22. The molecule has 3 aromatic carbocycles. The molecule has 0 aromatic heterocycles. The molecule has 0 saturated heterocycles. The van der Waals surface area contributed by atoms with Gasteiger partial charge in [0, 0.05) is 29.4 Å². The molecule has 0 saturated carbocycles. The minimum Gasteiger partial charge on any atom is -0.346 e. The lowest BCUT2D eigenvalue weighted by atomic mass is 9.84. The molecule has 0 radical (unpaired) electrons. The Morgan fingerprint density at radius 3 is 2.26 bits per heavy atom. The van der Waals surface area contributed by atoms with Crippen molar-refractivity contribution >= 4 is 11.4 Å². The van der Waals surface area contributed by atoms with Crippen molar-refractivity contribution < 1.29 is 0 Å². The highest BCUT2D eigenvalue weighted by molar-refractivity contribution is 5.75. The van der Waals surface area contributed by atoms with Crippen LogP contribution in [0.25, 0.3) is 11.1 Å². The number of nitrogens with zero attached hydrogens (tertiary/aromatic N) is 3. The predicted molar refractivity (Wildman–Crippen MR) is 112 cm³/mol. The summed E-state index contributed by atoms with van der Waals surface area (Å²) in [7, 11) is 2.09. The molecule has 1 aliphatic rings. The molecule has 1 aliphatic heterocycles. The Morgan fingerprint density at radius 1 is 0.815 bits per heavy atom. The second kappa shape index (κ2) is 6.84. The van der Waals surface area contributed by atoms with E-state index in [1.54, 1.807) is 0 Å². The highest BCUT2D eigenvalue weighted by Gasteiger charge is 2.38. The molecular formula is C24H23N3. The lowest BCUT2D eigenvalue weighted by Gasteiger charge is -2.22. The number of allylic oxidation sites excluding steroid dienone is 1. The van der Waals surface area contributed by atoms with Gasteiger partial charge in [0.2, 0.25) is 0 Å². The van der Waals surface area contributed by atoms with Crippen LogP contribution in [0.3, 0.4) is 0 Å². The van der Waals surface area contributed by atoms with Crippen LogP contribution in [0.2, 0.25) is 0 Å². The van der Waals surface area contributed by atoms with Gasteiger partial charge in [-0.1, -0.05) is 80.6 Å². The average Bonchev–Trinajstić information content (AvgIpc) is 2.90. The Kier molecular flexibility index (Phi) is 4.36. The van der Waals surface area contributed by atoms with Gasteiger partial charge in [-0.05, 0) is 23.3 Å². The fraction of sp³-hybridized carbons (Fsp3) is 0.167. The normalized spacial score (nSPS) is 16.9. The van der Waals surface area contributed by atoms with Gasteiger partial charge >= 0.3 is 0 Å². The number of fused-ring (bicyclic) bond motifs is 1. The van der Waals surface area contributed by atoms with E-state index >= 15 is 0 Å². The molecule has 0 fully saturated rings. The molecule has 0 bridgehead atoms. The maximum absolute atomic E-state index is 4.53. The Bertz CT molecular complexity index is 1020. The number of benzene rings is 3. The minimum absolute atomic E-state index is 0.0939. The van der Waals surface area contributed by atoms with E-state index in [0.29, 0.717) is 0 Å². The Labute approximate surface area is 160 Å². The number of rotatable bonds is 3. The van der Waals surface area contributed by atoms with Crippen molar-refractivity contribution in [1.29, 1.82) is 0 Å². The fourth-order valence-electron chi connectivity index (χ4n) is 3.80. The number of hydrogen-bond acceptors (Lipinski definition) is 3. The molecule has 0 spiro atoms. The third kappa shape index (κ3) is 3.06. The third-order valence-electron chi connectivity index (χ3n) is 5.27. The van der Waals surface area contributed by atoms with Crippen molar-refractivity contribution in [2.24, 2.45) is 10.2 Å². The summed E-state index contributed by atoms with van der Waals surface area (Å²) in [4.78, 5) is 2.21. The van der Waals surface area contributed by atoms with Gasteiger partial charge in [0.15, 0.2) is 0 Å². The maximum Gasteiger partial charge on any atom is 0.0935 e. The maximum atomic E-state index is 4.53. The van der Waals surface area contributed by atoms with Gasteiger partial charge in [0.25, 0.3) is 0 Å². The van der Waals surface area contributed by atoms with Crippen molar-refractivity contribution in [3.8, 4) is 11.1 Å². The molecule has 3 aromatic rings. The summed E-state index contributed by atoms with van der Waals surface area (Å²) >= 11 is 0. The number of para-hydroxylation sites is 1. The highest BCUT2D eigenvalue weighted by atomic mass is 15.2. The van der Waals surface area contributed by atoms with Crippen LogP contribution in [-0.4, -0.2) is 7.05 Å². The van der Waals surface area contributed by atoms with Gasteiger partial charge in [0.05, 0.1) is 11.9 Å². The topological polar surface area (TPSA) is 28.0 Å². The second-order valence-corrected chi connectivity index (χ2v) is 7.31. The van der Waals surface area contributed by atoms with Crippen molar-refractivity contribution in [3.05, 3.63) is 96.3 Å². The average molecular weight is 353 g/mol. The number of anilines is 1. The van der Waals surface area contributed by atoms with Crippen LogP contribution in [0.5, 0.6) is 0 Å². The molecule has 0 amide bonds. The van der Waals surface area contributed by atoms with Gasteiger partial charge in [-0.25, -0.2) is 0 Å². The summed E-state index contributed by atoms with van der Waals surface area (Å²) in [5, 5.41) is 8.99. The van der Waals surface area contributed by atoms with E-state index in [0.717, 1.165) is 22.5 Å². The smallest absolute Gasteiger partial charge is 0.0935 e. The van der Waals surface area contributed by atoms with Crippen LogP contribution in [-0.2, 0) is 5.41 Å². The zero-order chi connectivity index (χ0) is 18.9. The summed E-state index contributed by atoms with van der Waals surface area (Å²) in [5.41, 5.74) is 6.70. The van der Waals surface area contributed by atoms with Crippen LogP contribution < -0.4 is 4.90 Å². The summed E-state index contributed by atoms with van der Waals surface area (Å²) in [6.07, 6.45) is 1.89. The molecule has 0 aliphatic carbocycles. The molecule has 4 rings (SSSR count). The van der Waals surface area contributed by atoms with E-state index in [2.05, 4.69) is 78.5 Å². The SMILES string of the molecule is CN1/C(=C/N=Nc2ccccc2-c2ccccc2)C(C)(C)c2ccccc21. The van der Waals surface area contributed by atoms with Crippen molar-refractivity contribution in [2.45, 2.75) is 19.3 Å². The van der Waals surface area contributed by atoms with Crippen LogP contribution >= 0.6 is 0 Å². The first-order valence-electron chi connectivity index (χ1n) is 9.18. The van der Waals surface area contributed by atoms with Crippen LogP contribution in [0.15, 0.2) is 101 Å². The van der Waals surface area contributed by atoms with Crippen molar-refractivity contribution in [2.75, 3.05) is 11.9 Å². The number of likely N-dealkylation sites (N-methyl/N-ethyl adjacent to an activating group) is 1. The van der Waals surface area contributed by atoms with Gasteiger partial charge < -0.3 is 4.90 Å². The van der Waals surface area contributed by atoms with Crippen molar-refractivity contribution in [3.63, 3.8) is 0 Å². The Hall–Kier alpha value is -3.20. The summed E-state index contributed by atoms with van der Waals surface area (Å²) in [6.45, 7) is 4.46. The molecular weight excluding hydrogens is 330 g/mol. The summed E-state index contributed by atoms with van der Waals surface area (Å²) in [5.74, 6) is 0. The zero-order valence-corrected chi connectivity index (χ0v) is 15.9. The van der Waals surface area contributed by atoms with E-state index < -0.39 is 0 Å². The summed E-state index contributed by atoms with van der Waals surface area (Å²) in [6, 6.07) is 26.9. The van der Waals surface area contributed by atoms with Crippen molar-refractivity contribution in [1.82, 2.24) is 0 Å². The van der Waals surface area contributed by atoms with Gasteiger partial charge in [-0.15, -0.1) is 0 Å². The van der Waals surface area contributed by atoms with E-state index in [1.165, 1.54) is 11.3 Å². The minimum atomic E-state index is -0.0939. The largest absolute Gasteiger partial charge is 0.346 e. The molecule has 0 atom stereocenters. The molecule has 3 nitrogen and oxygen atoms in total. The van der Waals surface area contributed by atoms with Crippen LogP contribution in [0.4, 0.5) is 11.4 Å². The van der Waals surface area contributed by atoms with E-state index in [1.807, 2.05) is 42.6 Å². The Morgan fingerprint density at radius 2 is 1.48 bits per heavy atom. The number of azo groups is 1. The second-order valence-electron chi connectivity index (χ2n) is 7.31. The number of hydrogen-bond donors (Lipinski definition) is 0. The molecule has 1 heterocycles. The molecule has 134 valence electrons. The standard InChI is InChI=1S/C24H23N3/c1-24(2)20-14-8-10-16-22(20)27(3)23(24)17-25-26-21-15-9-7-13-19(21)18-11-5-4-6-12-18/h4-17H,1-3H3/b23-17+,26-25?. The highest BCUT2D eigenvalue weighted by Crippen LogP contribution is 2.46. The first-order chi connectivity index (χ1) is 13.1. The quantitative estimate of drug-likeness (QED) is 0.481. The Balaban J connectivity index is 1.68. The molecule has 27 heavy (non-hydrogen) atoms. The van der Waals surface area contributed by atoms with E-state index in [-0.39, 0.29) is 5.41 Å². The van der Waals surface area contributed by atoms with E-state index in [4.69, 9.17) is 0 Å². The summed E-state index contributed by atoms with van der Waals surface area (Å²) < 4.78 is 0. The monoisotopic (exact) mass is 353 g/mol. The predicted octanol–water partition coefficient (Wildman–Crippen LogP) is 6.71. The molecule has 0 N–H and O–H groups in total. The fourth-order valence-corrected chi connectivity index (χ4v) is 3.80. The molecule has 3 heteroatoms. The zero-order valence-electron chi connectivity index (χ0n) is 15.9. The van der Waals surface area contributed by atoms with Crippen LogP contribution in [0.1, 0.15) is 19.4 Å². The molecule has 0 unspecified atom stereocenters. The van der Waals surface area contributed by atoms with E-state index in [9.17, 15) is 0 Å². The van der Waals surface area contributed by atoms with Gasteiger partial charge in [0.1, 0.15) is 0 Å².